The second kappa shape index (κ2) is 21.2. The van der Waals surface area contributed by atoms with Gasteiger partial charge in [0, 0.05) is 11.8 Å². The summed E-state index contributed by atoms with van der Waals surface area (Å²) in [5.41, 5.74) is 1.25. The quantitative estimate of drug-likeness (QED) is 0.0599. The zero-order chi connectivity index (χ0) is 42.0. The van der Waals surface area contributed by atoms with Crippen LogP contribution in [0.2, 0.25) is 0 Å². The molecule has 5 aliphatic carbocycles. The van der Waals surface area contributed by atoms with Crippen LogP contribution in [0, 0.1) is 56.7 Å². The predicted octanol–water partition coefficient (Wildman–Crippen LogP) is 16.2. The fourth-order valence-corrected chi connectivity index (χ4v) is 15.0. The average molecular weight is 807 g/mol. The highest BCUT2D eigenvalue weighted by molar-refractivity contribution is 5.76. The van der Waals surface area contributed by atoms with Crippen LogP contribution in [0.4, 0.5) is 0 Å². The van der Waals surface area contributed by atoms with Crippen molar-refractivity contribution in [2.45, 2.75) is 261 Å². The van der Waals surface area contributed by atoms with E-state index in [0.29, 0.717) is 30.1 Å². The van der Waals surface area contributed by atoms with Gasteiger partial charge in [0.15, 0.2) is 0 Å². The molecule has 10 unspecified atom stereocenters. The van der Waals surface area contributed by atoms with E-state index in [1.807, 2.05) is 0 Å². The number of rotatable bonds is 24. The van der Waals surface area contributed by atoms with Gasteiger partial charge in [-0.2, -0.15) is 0 Å². The lowest BCUT2D eigenvalue weighted by atomic mass is 9.33. The van der Waals surface area contributed by atoms with Crippen molar-refractivity contribution in [2.24, 2.45) is 56.7 Å². The lowest BCUT2D eigenvalue weighted by molar-refractivity contribution is -0.214. The van der Waals surface area contributed by atoms with Gasteiger partial charge >= 0.3 is 11.9 Å². The lowest BCUT2D eigenvalue weighted by Gasteiger charge is -2.71. The number of fused-ring (bicyclic) bond motifs is 7. The van der Waals surface area contributed by atoms with Crippen molar-refractivity contribution in [3.8, 4) is 0 Å². The molecule has 0 bridgehead atoms. The molecule has 0 aliphatic heterocycles. The summed E-state index contributed by atoms with van der Waals surface area (Å²) in [7, 11) is 0. The number of carbonyl (C=O) groups is 2. The van der Waals surface area contributed by atoms with E-state index in [-0.39, 0.29) is 39.7 Å². The molecule has 0 amide bonds. The molecular weight excluding hydrogens is 713 g/mol. The smallest absolute Gasteiger partial charge is 0.310 e. The third-order valence-corrected chi connectivity index (χ3v) is 19.1. The molecule has 0 aromatic rings. The van der Waals surface area contributed by atoms with Crippen LogP contribution in [-0.4, -0.2) is 23.1 Å². The second-order valence-electron chi connectivity index (χ2n) is 22.8. The van der Waals surface area contributed by atoms with Crippen molar-refractivity contribution >= 4 is 11.9 Å². The summed E-state index contributed by atoms with van der Waals surface area (Å²) < 4.78 is 6.42. The summed E-state index contributed by atoms with van der Waals surface area (Å²) in [6.45, 7) is 19.6. The summed E-state index contributed by atoms with van der Waals surface area (Å²) in [5.74, 6) is 1.69. The Morgan fingerprint density at radius 1 is 0.638 bits per heavy atom. The van der Waals surface area contributed by atoms with E-state index in [0.717, 1.165) is 57.8 Å². The summed E-state index contributed by atoms with van der Waals surface area (Å²) in [5, 5.41) is 10.7. The molecule has 0 saturated heterocycles. The molecule has 0 aromatic carbocycles. The molecule has 4 heteroatoms. The highest BCUT2D eigenvalue weighted by Gasteiger charge is 2.69. The number of aliphatic carboxylic acids is 1. The molecule has 5 aliphatic rings. The molecule has 10 atom stereocenters. The Morgan fingerprint density at radius 2 is 1.16 bits per heavy atom. The van der Waals surface area contributed by atoms with Gasteiger partial charge in [0.05, 0.1) is 5.41 Å². The number of esters is 1. The van der Waals surface area contributed by atoms with Crippen molar-refractivity contribution < 1.29 is 19.4 Å². The van der Waals surface area contributed by atoms with E-state index in [2.05, 4.69) is 61.5 Å². The van der Waals surface area contributed by atoms with Gasteiger partial charge in [-0.3, -0.25) is 9.59 Å². The van der Waals surface area contributed by atoms with Gasteiger partial charge < -0.3 is 9.84 Å². The Balaban J connectivity index is 0.983. The molecule has 0 radical (unpaired) electrons. The average Bonchev–Trinajstić information content (AvgIpc) is 3.18. The van der Waals surface area contributed by atoms with Crippen LogP contribution >= 0.6 is 0 Å². The van der Waals surface area contributed by atoms with E-state index in [9.17, 15) is 14.7 Å². The van der Waals surface area contributed by atoms with E-state index < -0.39 is 11.4 Å². The van der Waals surface area contributed by atoms with Gasteiger partial charge in [0.1, 0.15) is 6.10 Å². The minimum atomic E-state index is -0.587. The highest BCUT2D eigenvalue weighted by Crippen LogP contribution is 2.76. The lowest BCUT2D eigenvalue weighted by Crippen LogP contribution is -2.65. The molecule has 58 heavy (non-hydrogen) atoms. The number of carbonyl (C=O) groups excluding carboxylic acids is 1. The van der Waals surface area contributed by atoms with Gasteiger partial charge in [0.2, 0.25) is 0 Å². The molecule has 0 heterocycles. The van der Waals surface area contributed by atoms with Crippen LogP contribution in [0.5, 0.6) is 0 Å². The number of ether oxygens (including phenoxy) is 1. The SMILES string of the molecule is CCCCCCCCCCCCCCCCCCCCCCCC(=O)OC1CCC2(C)C(CCC3(C)C2CC=C2C4C(C)C(C)CCC4(C(=O)O)CCC23C)C1(C)C. The number of unbranched alkanes of at least 4 members (excludes halogenated alkanes) is 20. The summed E-state index contributed by atoms with van der Waals surface area (Å²) in [6, 6.07) is 0. The van der Waals surface area contributed by atoms with Crippen LogP contribution in [0.1, 0.15) is 254 Å². The van der Waals surface area contributed by atoms with Crippen molar-refractivity contribution in [1.82, 2.24) is 0 Å². The van der Waals surface area contributed by atoms with Gasteiger partial charge in [0.25, 0.3) is 0 Å². The molecule has 1 N–H and O–H groups in total. The number of allylic oxidation sites excluding steroid dienone is 2. The maximum absolute atomic E-state index is 13.3. The van der Waals surface area contributed by atoms with Crippen molar-refractivity contribution in [3.63, 3.8) is 0 Å². The molecule has 334 valence electrons. The predicted molar refractivity (Wildman–Crippen MR) is 244 cm³/mol. The maximum atomic E-state index is 13.3. The normalized spacial score (nSPS) is 36.5. The Kier molecular flexibility index (Phi) is 17.4. The number of carboxylic acids is 1. The first-order chi connectivity index (χ1) is 27.7. The van der Waals surface area contributed by atoms with E-state index in [4.69, 9.17) is 4.74 Å². The zero-order valence-corrected chi connectivity index (χ0v) is 39.6. The van der Waals surface area contributed by atoms with Crippen molar-refractivity contribution in [1.29, 1.82) is 0 Å². The minimum absolute atomic E-state index is 0.00180. The first kappa shape index (κ1) is 47.7. The van der Waals surface area contributed by atoms with Gasteiger partial charge in [-0.05, 0) is 110 Å². The Hall–Kier alpha value is -1.32. The van der Waals surface area contributed by atoms with Crippen LogP contribution in [0.25, 0.3) is 0 Å². The van der Waals surface area contributed by atoms with Gasteiger partial charge in [-0.1, -0.05) is 195 Å². The summed E-state index contributed by atoms with van der Waals surface area (Å²) in [6.07, 6.45) is 41.2. The molecule has 4 saturated carbocycles. The van der Waals surface area contributed by atoms with E-state index in [1.165, 1.54) is 140 Å². The fourth-order valence-electron chi connectivity index (χ4n) is 15.0. The molecular formula is C54H94O4. The third kappa shape index (κ3) is 10.1. The molecule has 5 rings (SSSR count). The van der Waals surface area contributed by atoms with E-state index in [1.54, 1.807) is 0 Å². The second-order valence-corrected chi connectivity index (χ2v) is 22.8. The van der Waals surface area contributed by atoms with Crippen LogP contribution in [-0.2, 0) is 14.3 Å². The third-order valence-electron chi connectivity index (χ3n) is 19.1. The van der Waals surface area contributed by atoms with Crippen molar-refractivity contribution in [3.05, 3.63) is 11.6 Å². The first-order valence-corrected chi connectivity index (χ1v) is 25.8. The van der Waals surface area contributed by atoms with Gasteiger partial charge in [-0.15, -0.1) is 0 Å². The zero-order valence-electron chi connectivity index (χ0n) is 39.6. The summed E-state index contributed by atoms with van der Waals surface area (Å²) >= 11 is 0. The van der Waals surface area contributed by atoms with Crippen LogP contribution < -0.4 is 0 Å². The van der Waals surface area contributed by atoms with Crippen LogP contribution in [0.15, 0.2) is 11.6 Å². The Labute approximate surface area is 359 Å². The number of hydrogen-bond donors (Lipinski definition) is 1. The van der Waals surface area contributed by atoms with Gasteiger partial charge in [-0.25, -0.2) is 0 Å². The largest absolute Gasteiger partial charge is 0.481 e. The monoisotopic (exact) mass is 807 g/mol. The van der Waals surface area contributed by atoms with E-state index >= 15 is 0 Å². The molecule has 4 nitrogen and oxygen atoms in total. The highest BCUT2D eigenvalue weighted by atomic mass is 16.5. The first-order valence-electron chi connectivity index (χ1n) is 25.8. The number of hydrogen-bond acceptors (Lipinski definition) is 3. The Morgan fingerprint density at radius 3 is 1.67 bits per heavy atom. The summed E-state index contributed by atoms with van der Waals surface area (Å²) in [4.78, 5) is 26.4. The minimum Gasteiger partial charge on any atom is -0.481 e. The van der Waals surface area contributed by atoms with Crippen molar-refractivity contribution in [2.75, 3.05) is 0 Å². The Bertz CT molecular complexity index is 1330. The standard InChI is InChI=1S/C54H94O4/c1-9-10-11-12-13-14-15-16-17-18-19-20-21-22-23-24-25-26-27-28-29-30-47(55)58-46-35-36-51(6)44(50(46,4)5)34-37-53(8)45(51)32-31-43-48-42(3)41(2)33-38-54(48,49(56)57)40-39-52(43,53)7/h31,41-42,44-46,48H,9-30,32-40H2,1-8H3,(H,56,57). The topological polar surface area (TPSA) is 63.6 Å². The maximum Gasteiger partial charge on any atom is 0.310 e. The van der Waals surface area contributed by atoms with Crippen LogP contribution in [0.3, 0.4) is 0 Å². The molecule has 4 fully saturated rings. The number of carboxylic acid groups (broad SMARTS) is 1. The fraction of sp³-hybridized carbons (Fsp3) is 0.926. The molecule has 0 spiro atoms. The molecule has 0 aromatic heterocycles.